The first-order chi connectivity index (χ1) is 16.7. The normalized spacial score (nSPS) is 21.9. The van der Waals surface area contributed by atoms with Gasteiger partial charge in [-0.1, -0.05) is 37.1 Å². The van der Waals surface area contributed by atoms with Crippen molar-refractivity contribution >= 4 is 34.4 Å². The SMILES string of the molecule is O=C1NC(=O)C(c2cnc3ccccn23)=C1C1=NC=CN2c3c(cccc31)CC2C1CCCC1. The molecule has 2 amide bonds. The molecule has 0 bridgehead atoms. The first kappa shape index (κ1) is 19.5. The van der Waals surface area contributed by atoms with Gasteiger partial charge in [-0.05, 0) is 42.9 Å². The smallest absolute Gasteiger partial charge is 0.261 e. The molecule has 0 saturated heterocycles. The molecule has 0 spiro atoms. The Balaban J connectivity index is 1.41. The Bertz CT molecular complexity index is 1470. The number of rotatable bonds is 3. The van der Waals surface area contributed by atoms with E-state index in [1.807, 2.05) is 40.9 Å². The van der Waals surface area contributed by atoms with Crippen LogP contribution in [0.5, 0.6) is 0 Å². The summed E-state index contributed by atoms with van der Waals surface area (Å²) in [5.74, 6) is -0.181. The Labute approximate surface area is 196 Å². The number of carbonyl (C=O) groups excluding carboxylic acids is 2. The molecule has 7 rings (SSSR count). The van der Waals surface area contributed by atoms with Gasteiger partial charge in [0, 0.05) is 30.2 Å². The van der Waals surface area contributed by atoms with E-state index in [4.69, 9.17) is 4.99 Å². The number of para-hydroxylation sites is 1. The van der Waals surface area contributed by atoms with Gasteiger partial charge < -0.3 is 4.90 Å². The second-order valence-electron chi connectivity index (χ2n) is 9.42. The van der Waals surface area contributed by atoms with Crippen LogP contribution in [0, 0.1) is 5.92 Å². The summed E-state index contributed by atoms with van der Waals surface area (Å²) in [6.45, 7) is 0. The standard InChI is InChI=1S/C27H23N5O2/c33-26-22(20-15-29-21-10-3-4-12-31(20)21)23(27(34)30-26)24-18-9-5-8-17-14-19(16-6-1-2-7-16)32(25(17)18)13-11-28-24/h3-5,8-13,15-16,19H,1-2,6-7,14H2,(H,30,33,34). The molecule has 7 heteroatoms. The molecule has 1 aromatic carbocycles. The molecule has 1 aliphatic carbocycles. The van der Waals surface area contributed by atoms with Gasteiger partial charge in [0.25, 0.3) is 11.8 Å². The van der Waals surface area contributed by atoms with Crippen LogP contribution < -0.4 is 10.2 Å². The third-order valence-electron chi connectivity index (χ3n) is 7.64. The fraction of sp³-hybridized carbons (Fsp3) is 0.259. The van der Waals surface area contributed by atoms with E-state index in [9.17, 15) is 9.59 Å². The number of imide groups is 1. The number of anilines is 1. The Morgan fingerprint density at radius 2 is 1.82 bits per heavy atom. The number of pyridine rings is 1. The molecular formula is C27H23N5O2. The monoisotopic (exact) mass is 449 g/mol. The minimum Gasteiger partial charge on any atom is -0.342 e. The third kappa shape index (κ3) is 2.70. The van der Waals surface area contributed by atoms with Gasteiger partial charge in [-0.3, -0.25) is 24.3 Å². The van der Waals surface area contributed by atoms with Gasteiger partial charge >= 0.3 is 0 Å². The van der Waals surface area contributed by atoms with E-state index in [-0.39, 0.29) is 0 Å². The van der Waals surface area contributed by atoms with Gasteiger partial charge in [-0.25, -0.2) is 4.98 Å². The van der Waals surface area contributed by atoms with Crippen LogP contribution in [0.2, 0.25) is 0 Å². The van der Waals surface area contributed by atoms with Crippen molar-refractivity contribution in [2.75, 3.05) is 4.90 Å². The Hall–Kier alpha value is -4.00. The van der Waals surface area contributed by atoms with Gasteiger partial charge in [0.2, 0.25) is 0 Å². The summed E-state index contributed by atoms with van der Waals surface area (Å²) in [6.07, 6.45) is 13.4. The average Bonchev–Trinajstić information content (AvgIpc) is 3.60. The Morgan fingerprint density at radius 3 is 2.71 bits per heavy atom. The molecule has 1 atom stereocenters. The van der Waals surface area contributed by atoms with Crippen LogP contribution in [-0.2, 0) is 16.0 Å². The molecule has 1 saturated carbocycles. The van der Waals surface area contributed by atoms with Crippen LogP contribution in [0.1, 0.15) is 42.5 Å². The van der Waals surface area contributed by atoms with Crippen LogP contribution in [-0.4, -0.2) is 33.0 Å². The molecule has 0 radical (unpaired) electrons. The van der Waals surface area contributed by atoms with Gasteiger partial charge in [-0.2, -0.15) is 0 Å². The summed E-state index contributed by atoms with van der Waals surface area (Å²) in [5, 5.41) is 2.50. The molecule has 1 N–H and O–H groups in total. The van der Waals surface area contributed by atoms with Crippen molar-refractivity contribution in [3.05, 3.63) is 83.6 Å². The summed E-state index contributed by atoms with van der Waals surface area (Å²) in [4.78, 5) is 37.7. The molecular weight excluding hydrogens is 426 g/mol. The molecule has 4 aliphatic rings. The molecule has 7 nitrogen and oxygen atoms in total. The topological polar surface area (TPSA) is 79.1 Å². The summed E-state index contributed by atoms with van der Waals surface area (Å²) in [6, 6.07) is 12.3. The minimum atomic E-state index is -0.422. The summed E-state index contributed by atoms with van der Waals surface area (Å²) in [5.41, 5.74) is 5.73. The first-order valence-corrected chi connectivity index (χ1v) is 11.9. The van der Waals surface area contributed by atoms with Gasteiger partial charge in [0.1, 0.15) is 5.65 Å². The zero-order valence-electron chi connectivity index (χ0n) is 18.6. The highest BCUT2D eigenvalue weighted by Crippen LogP contribution is 2.44. The zero-order valence-corrected chi connectivity index (χ0v) is 18.6. The molecule has 1 unspecified atom stereocenters. The Kier molecular flexibility index (Phi) is 4.15. The van der Waals surface area contributed by atoms with E-state index in [1.165, 1.54) is 31.2 Å². The molecule has 168 valence electrons. The van der Waals surface area contributed by atoms with E-state index >= 15 is 0 Å². The number of hydrogen-bond donors (Lipinski definition) is 1. The fourth-order valence-electron chi connectivity index (χ4n) is 6.15. The number of amides is 2. The van der Waals surface area contributed by atoms with Crippen molar-refractivity contribution in [3.63, 3.8) is 0 Å². The van der Waals surface area contributed by atoms with Gasteiger partial charge in [0.15, 0.2) is 0 Å². The zero-order chi connectivity index (χ0) is 22.8. The third-order valence-corrected chi connectivity index (χ3v) is 7.64. The molecule has 34 heavy (non-hydrogen) atoms. The van der Waals surface area contributed by atoms with Gasteiger partial charge in [-0.15, -0.1) is 0 Å². The highest BCUT2D eigenvalue weighted by atomic mass is 16.2. The lowest BCUT2D eigenvalue weighted by molar-refractivity contribution is -0.123. The number of nitrogens with zero attached hydrogens (tertiary/aromatic N) is 4. The lowest BCUT2D eigenvalue weighted by Gasteiger charge is -2.29. The number of benzene rings is 1. The van der Waals surface area contributed by atoms with Crippen molar-refractivity contribution in [2.24, 2.45) is 10.9 Å². The van der Waals surface area contributed by atoms with Gasteiger partial charge in [0.05, 0.1) is 34.4 Å². The van der Waals surface area contributed by atoms with Crippen molar-refractivity contribution < 1.29 is 9.59 Å². The van der Waals surface area contributed by atoms with Crippen LogP contribution in [0.25, 0.3) is 11.2 Å². The highest BCUT2D eigenvalue weighted by Gasteiger charge is 2.41. The number of nitrogens with one attached hydrogen (secondary N) is 1. The van der Waals surface area contributed by atoms with Crippen LogP contribution in [0.3, 0.4) is 0 Å². The minimum absolute atomic E-state index is 0.305. The maximum absolute atomic E-state index is 13.2. The predicted molar refractivity (Wildman–Crippen MR) is 129 cm³/mol. The summed E-state index contributed by atoms with van der Waals surface area (Å²) < 4.78 is 1.83. The van der Waals surface area contributed by atoms with Crippen LogP contribution >= 0.6 is 0 Å². The number of imidazole rings is 1. The molecule has 2 aromatic heterocycles. The fourth-order valence-corrected chi connectivity index (χ4v) is 6.15. The summed E-state index contributed by atoms with van der Waals surface area (Å²) >= 11 is 0. The maximum Gasteiger partial charge on any atom is 0.261 e. The molecule has 3 aromatic rings. The van der Waals surface area contributed by atoms with E-state index in [0.717, 1.165) is 17.7 Å². The van der Waals surface area contributed by atoms with Crippen molar-refractivity contribution in [1.82, 2.24) is 14.7 Å². The number of aliphatic imine (C=N–C) groups is 1. The predicted octanol–water partition coefficient (Wildman–Crippen LogP) is 3.64. The van der Waals surface area contributed by atoms with Crippen LogP contribution in [0.4, 0.5) is 5.69 Å². The first-order valence-electron chi connectivity index (χ1n) is 11.9. The molecule has 1 fully saturated rings. The number of carbonyl (C=O) groups is 2. The highest BCUT2D eigenvalue weighted by molar-refractivity contribution is 6.47. The van der Waals surface area contributed by atoms with E-state index in [2.05, 4.69) is 27.5 Å². The van der Waals surface area contributed by atoms with E-state index in [1.54, 1.807) is 12.4 Å². The van der Waals surface area contributed by atoms with Crippen molar-refractivity contribution in [3.8, 4) is 0 Å². The second kappa shape index (κ2) is 7.25. The average molecular weight is 450 g/mol. The summed E-state index contributed by atoms with van der Waals surface area (Å²) in [7, 11) is 0. The molecule has 3 aliphatic heterocycles. The molecule has 5 heterocycles. The quantitative estimate of drug-likeness (QED) is 0.620. The lowest BCUT2D eigenvalue weighted by Crippen LogP contribution is -2.33. The van der Waals surface area contributed by atoms with E-state index < -0.39 is 11.8 Å². The number of fused-ring (bicyclic) bond motifs is 1. The number of aromatic nitrogens is 2. The number of hydrogen-bond acceptors (Lipinski definition) is 5. The largest absolute Gasteiger partial charge is 0.342 e. The lowest BCUT2D eigenvalue weighted by atomic mass is 9.93. The van der Waals surface area contributed by atoms with Crippen molar-refractivity contribution in [1.29, 1.82) is 0 Å². The Morgan fingerprint density at radius 1 is 0.971 bits per heavy atom. The second-order valence-corrected chi connectivity index (χ2v) is 9.42. The van der Waals surface area contributed by atoms with E-state index in [0.29, 0.717) is 40.2 Å². The van der Waals surface area contributed by atoms with Crippen LogP contribution in [0.15, 0.2) is 71.8 Å². The van der Waals surface area contributed by atoms with Crippen molar-refractivity contribution in [2.45, 2.75) is 38.1 Å². The maximum atomic E-state index is 13.2.